The molecule has 5 rings (SSSR count). The first-order chi connectivity index (χ1) is 17.0. The molecule has 2 aromatic carbocycles. The molecule has 1 atom stereocenters. The van der Waals surface area contributed by atoms with Gasteiger partial charge in [0.25, 0.3) is 5.91 Å². The number of rotatable bonds is 5. The van der Waals surface area contributed by atoms with Crippen LogP contribution in [0.5, 0.6) is 0 Å². The lowest BCUT2D eigenvalue weighted by Crippen LogP contribution is -2.42. The predicted molar refractivity (Wildman–Crippen MR) is 129 cm³/mol. The van der Waals surface area contributed by atoms with Gasteiger partial charge in [0.2, 0.25) is 0 Å². The van der Waals surface area contributed by atoms with Crippen molar-refractivity contribution < 1.29 is 24.2 Å². The molecule has 3 aromatic rings. The van der Waals surface area contributed by atoms with Crippen molar-refractivity contribution in [2.24, 2.45) is 5.92 Å². The summed E-state index contributed by atoms with van der Waals surface area (Å²) in [5.41, 5.74) is 5.19. The van der Waals surface area contributed by atoms with Crippen LogP contribution in [0.1, 0.15) is 40.4 Å². The molecule has 8 heteroatoms. The first-order valence-electron chi connectivity index (χ1n) is 11.6. The second-order valence-electron chi connectivity index (χ2n) is 8.81. The Labute approximate surface area is 202 Å². The molecule has 1 aliphatic heterocycles. The number of aliphatic carboxylic acids is 1. The number of carbonyl (C=O) groups excluding carboxylic acids is 2. The Kier molecular flexibility index (Phi) is 6.18. The monoisotopic (exact) mass is 471 g/mol. The number of nitrogens with zero attached hydrogens (tertiary/aromatic N) is 2. The van der Waals surface area contributed by atoms with Gasteiger partial charge in [0.15, 0.2) is 0 Å². The number of carboxylic acids is 1. The van der Waals surface area contributed by atoms with E-state index in [4.69, 9.17) is 4.74 Å². The number of hydrogen-bond acceptors (Lipinski definition) is 5. The minimum Gasteiger partial charge on any atom is -0.481 e. The van der Waals surface area contributed by atoms with Gasteiger partial charge in [-0.2, -0.15) is 0 Å². The molecule has 35 heavy (non-hydrogen) atoms. The number of anilines is 1. The van der Waals surface area contributed by atoms with Crippen LogP contribution in [0.15, 0.2) is 66.9 Å². The zero-order valence-corrected chi connectivity index (χ0v) is 19.0. The number of carboxylic acid groups (broad SMARTS) is 1. The van der Waals surface area contributed by atoms with Crippen molar-refractivity contribution in [1.82, 2.24) is 9.88 Å². The molecular weight excluding hydrogens is 446 g/mol. The quantitative estimate of drug-likeness (QED) is 0.572. The minimum absolute atomic E-state index is 0.0366. The van der Waals surface area contributed by atoms with E-state index in [1.807, 2.05) is 24.3 Å². The van der Waals surface area contributed by atoms with Gasteiger partial charge in [0.05, 0.1) is 17.8 Å². The molecule has 2 N–H and O–H groups in total. The normalized spacial score (nSPS) is 16.8. The highest BCUT2D eigenvalue weighted by Gasteiger charge is 2.30. The molecule has 1 saturated heterocycles. The van der Waals surface area contributed by atoms with Gasteiger partial charge in [-0.1, -0.05) is 48.5 Å². The fourth-order valence-corrected chi connectivity index (χ4v) is 4.87. The zero-order valence-electron chi connectivity index (χ0n) is 19.0. The van der Waals surface area contributed by atoms with E-state index < -0.39 is 18.0 Å². The van der Waals surface area contributed by atoms with E-state index in [0.29, 0.717) is 25.1 Å². The first-order valence-corrected chi connectivity index (χ1v) is 11.6. The summed E-state index contributed by atoms with van der Waals surface area (Å²) in [4.78, 5) is 42.1. The van der Waals surface area contributed by atoms with E-state index >= 15 is 0 Å². The van der Waals surface area contributed by atoms with E-state index in [9.17, 15) is 19.5 Å². The number of likely N-dealkylation sites (tertiary alicyclic amines) is 1. The van der Waals surface area contributed by atoms with E-state index in [1.165, 1.54) is 17.2 Å². The fraction of sp³-hybridized carbons (Fsp3) is 0.259. The molecule has 0 radical (unpaired) electrons. The maximum absolute atomic E-state index is 12.7. The van der Waals surface area contributed by atoms with E-state index in [-0.39, 0.29) is 30.7 Å². The van der Waals surface area contributed by atoms with Gasteiger partial charge < -0.3 is 14.7 Å². The Bertz CT molecular complexity index is 1230. The molecule has 0 bridgehead atoms. The number of pyridine rings is 1. The Morgan fingerprint density at radius 2 is 1.69 bits per heavy atom. The van der Waals surface area contributed by atoms with Crippen LogP contribution in [0.4, 0.5) is 10.5 Å². The lowest BCUT2D eigenvalue weighted by molar-refractivity contribution is -0.143. The van der Waals surface area contributed by atoms with E-state index in [2.05, 4.69) is 34.6 Å². The third-order valence-electron chi connectivity index (χ3n) is 6.63. The minimum atomic E-state index is -0.891. The molecule has 2 aliphatic rings. The van der Waals surface area contributed by atoms with Crippen molar-refractivity contribution in [3.63, 3.8) is 0 Å². The number of piperidine rings is 1. The maximum Gasteiger partial charge on any atom is 0.411 e. The molecule has 8 nitrogen and oxygen atoms in total. The predicted octanol–water partition coefficient (Wildman–Crippen LogP) is 4.38. The van der Waals surface area contributed by atoms with Crippen molar-refractivity contribution in [2.75, 3.05) is 25.0 Å². The van der Waals surface area contributed by atoms with Crippen LogP contribution >= 0.6 is 0 Å². The SMILES string of the molecule is O=C(Nc1ccc(C(=O)N2CCC[C@H](C(=O)O)C2)nc1)OCC1c2ccccc2-c2ccccc21. The van der Waals surface area contributed by atoms with Crippen molar-refractivity contribution in [3.05, 3.63) is 83.7 Å². The topological polar surface area (TPSA) is 109 Å². The summed E-state index contributed by atoms with van der Waals surface area (Å²) in [5, 5.41) is 11.9. The standard InChI is InChI=1S/C27H25N3O5/c31-25(30-13-5-6-17(15-30)26(32)33)24-12-11-18(14-28-24)29-27(34)35-16-23-21-9-3-1-7-19(21)20-8-2-4-10-22(20)23/h1-4,7-12,14,17,23H,5-6,13,15-16H2,(H,29,34)(H,32,33)/t17-/m0/s1. The largest absolute Gasteiger partial charge is 0.481 e. The second-order valence-corrected chi connectivity index (χ2v) is 8.81. The third-order valence-corrected chi connectivity index (χ3v) is 6.63. The van der Waals surface area contributed by atoms with Crippen molar-refractivity contribution >= 4 is 23.7 Å². The van der Waals surface area contributed by atoms with Crippen molar-refractivity contribution in [2.45, 2.75) is 18.8 Å². The average molecular weight is 472 g/mol. The smallest absolute Gasteiger partial charge is 0.411 e. The lowest BCUT2D eigenvalue weighted by atomic mass is 9.98. The molecule has 1 aromatic heterocycles. The lowest BCUT2D eigenvalue weighted by Gasteiger charge is -2.30. The van der Waals surface area contributed by atoms with Gasteiger partial charge in [-0.15, -0.1) is 0 Å². The number of hydrogen-bond donors (Lipinski definition) is 2. The number of carbonyl (C=O) groups is 3. The van der Waals surface area contributed by atoms with Crippen LogP contribution in [0, 0.1) is 5.92 Å². The van der Waals surface area contributed by atoms with Gasteiger partial charge in [-0.3, -0.25) is 14.9 Å². The van der Waals surface area contributed by atoms with Crippen molar-refractivity contribution in [3.8, 4) is 11.1 Å². The van der Waals surface area contributed by atoms with E-state index in [1.54, 1.807) is 6.07 Å². The summed E-state index contributed by atoms with van der Waals surface area (Å²) in [6, 6.07) is 19.3. The van der Waals surface area contributed by atoms with Gasteiger partial charge in [0.1, 0.15) is 12.3 Å². The first kappa shape index (κ1) is 22.6. The molecule has 1 aliphatic carbocycles. The van der Waals surface area contributed by atoms with Crippen LogP contribution < -0.4 is 5.32 Å². The molecule has 2 heterocycles. The molecule has 2 amide bonds. The van der Waals surface area contributed by atoms with Crippen LogP contribution in [0.25, 0.3) is 11.1 Å². The summed E-state index contributed by atoms with van der Waals surface area (Å²) in [6.45, 7) is 0.878. The number of fused-ring (bicyclic) bond motifs is 3. The fourth-order valence-electron chi connectivity index (χ4n) is 4.87. The average Bonchev–Trinajstić information content (AvgIpc) is 3.21. The molecular formula is C27H25N3O5. The molecule has 0 spiro atoms. The highest BCUT2D eigenvalue weighted by Crippen LogP contribution is 2.44. The highest BCUT2D eigenvalue weighted by atomic mass is 16.5. The van der Waals surface area contributed by atoms with Gasteiger partial charge in [-0.05, 0) is 47.2 Å². The summed E-state index contributed by atoms with van der Waals surface area (Å²) < 4.78 is 5.54. The Hall–Kier alpha value is -4.20. The van der Waals surface area contributed by atoms with E-state index in [0.717, 1.165) is 22.3 Å². The van der Waals surface area contributed by atoms with Gasteiger partial charge in [-0.25, -0.2) is 9.78 Å². The van der Waals surface area contributed by atoms with Crippen LogP contribution in [0.2, 0.25) is 0 Å². The highest BCUT2D eigenvalue weighted by molar-refractivity contribution is 5.93. The number of benzene rings is 2. The van der Waals surface area contributed by atoms with Gasteiger partial charge in [0, 0.05) is 19.0 Å². The summed E-state index contributed by atoms with van der Waals surface area (Å²) in [7, 11) is 0. The Balaban J connectivity index is 1.19. The molecule has 0 unspecified atom stereocenters. The maximum atomic E-state index is 12.7. The van der Waals surface area contributed by atoms with Crippen LogP contribution in [-0.4, -0.2) is 52.7 Å². The zero-order chi connectivity index (χ0) is 24.4. The van der Waals surface area contributed by atoms with Crippen LogP contribution in [0.3, 0.4) is 0 Å². The Morgan fingerprint density at radius 3 is 2.31 bits per heavy atom. The summed E-state index contributed by atoms with van der Waals surface area (Å²) >= 11 is 0. The summed E-state index contributed by atoms with van der Waals surface area (Å²) in [5.74, 6) is -1.80. The number of amides is 2. The molecule has 0 saturated carbocycles. The van der Waals surface area contributed by atoms with Crippen molar-refractivity contribution in [1.29, 1.82) is 0 Å². The summed E-state index contributed by atoms with van der Waals surface area (Å²) in [6.07, 6.45) is 2.00. The molecule has 178 valence electrons. The number of ether oxygens (including phenoxy) is 1. The third kappa shape index (κ3) is 4.59. The number of nitrogens with one attached hydrogen (secondary N) is 1. The number of aromatic nitrogens is 1. The molecule has 1 fully saturated rings. The second kappa shape index (κ2) is 9.58. The Morgan fingerprint density at radius 1 is 1.00 bits per heavy atom. The van der Waals surface area contributed by atoms with Crippen LogP contribution in [-0.2, 0) is 9.53 Å². The van der Waals surface area contributed by atoms with Gasteiger partial charge >= 0.3 is 12.1 Å².